The number of carbonyl (C=O) groups excluding carboxylic acids is 3. The van der Waals surface area contributed by atoms with E-state index >= 15 is 0 Å². The molecule has 1 aliphatic rings. The first-order chi connectivity index (χ1) is 12.1. The number of hydrogen-bond donors (Lipinski definition) is 0. The zero-order chi connectivity index (χ0) is 17.8. The third kappa shape index (κ3) is 3.45. The molecule has 2 aromatic rings. The topological polar surface area (TPSA) is 57.7 Å². The van der Waals surface area contributed by atoms with Gasteiger partial charge in [-0.3, -0.25) is 19.3 Å². The molecule has 0 spiro atoms. The molecular formula is C20H20N2O3. The van der Waals surface area contributed by atoms with E-state index in [1.807, 2.05) is 37.3 Å². The molecule has 0 bridgehead atoms. The van der Waals surface area contributed by atoms with E-state index in [0.29, 0.717) is 24.2 Å². The van der Waals surface area contributed by atoms with Crippen LogP contribution in [0.1, 0.15) is 33.2 Å². The molecule has 5 nitrogen and oxygen atoms in total. The van der Waals surface area contributed by atoms with Gasteiger partial charge in [-0.25, -0.2) is 0 Å². The lowest BCUT2D eigenvalue weighted by atomic mass is 10.1. The van der Waals surface area contributed by atoms with Crippen LogP contribution in [0.2, 0.25) is 0 Å². The highest BCUT2D eigenvalue weighted by Gasteiger charge is 2.36. The van der Waals surface area contributed by atoms with E-state index in [0.717, 1.165) is 16.9 Å². The lowest BCUT2D eigenvalue weighted by Gasteiger charge is -2.23. The normalized spacial score (nSPS) is 13.1. The minimum atomic E-state index is -0.395. The average molecular weight is 336 g/mol. The van der Waals surface area contributed by atoms with E-state index in [1.54, 1.807) is 29.2 Å². The summed E-state index contributed by atoms with van der Waals surface area (Å²) in [6.07, 6.45) is 0.739. The first kappa shape index (κ1) is 16.9. The van der Waals surface area contributed by atoms with Gasteiger partial charge in [-0.2, -0.15) is 0 Å². The average Bonchev–Trinajstić information content (AvgIpc) is 2.88. The smallest absolute Gasteiger partial charge is 0.262 e. The molecule has 0 saturated carbocycles. The number of likely N-dealkylation sites (N-methyl/N-ethyl adjacent to an activating group) is 1. The molecule has 0 N–H and O–H groups in total. The van der Waals surface area contributed by atoms with Crippen LogP contribution in [0.4, 0.5) is 0 Å². The Balaban J connectivity index is 1.65. The summed E-state index contributed by atoms with van der Waals surface area (Å²) in [6, 6.07) is 16.6. The van der Waals surface area contributed by atoms with Crippen molar-refractivity contribution >= 4 is 17.7 Å². The van der Waals surface area contributed by atoms with Crippen LogP contribution in [0.3, 0.4) is 0 Å². The first-order valence-corrected chi connectivity index (χ1v) is 8.38. The number of benzene rings is 2. The molecule has 0 atom stereocenters. The van der Waals surface area contributed by atoms with Gasteiger partial charge in [-0.1, -0.05) is 42.5 Å². The molecule has 2 aromatic carbocycles. The summed E-state index contributed by atoms with van der Waals surface area (Å²) < 4.78 is 0. The summed E-state index contributed by atoms with van der Waals surface area (Å²) in [4.78, 5) is 40.0. The molecule has 0 aromatic heterocycles. The van der Waals surface area contributed by atoms with Crippen molar-refractivity contribution in [3.05, 3.63) is 71.3 Å². The molecule has 1 aliphatic heterocycles. The zero-order valence-corrected chi connectivity index (χ0v) is 14.1. The standard InChI is InChI=1S/C20H20N2O3/c1-2-21(13-12-15-8-4-3-5-9-15)18(23)14-22-19(24)16-10-6-7-11-17(16)20(22)25/h3-11H,2,12-14H2,1H3. The van der Waals surface area contributed by atoms with Crippen molar-refractivity contribution in [1.82, 2.24) is 9.80 Å². The van der Waals surface area contributed by atoms with Crippen LogP contribution in [0.5, 0.6) is 0 Å². The largest absolute Gasteiger partial charge is 0.341 e. The monoisotopic (exact) mass is 336 g/mol. The Bertz CT molecular complexity index is 767. The first-order valence-electron chi connectivity index (χ1n) is 8.38. The molecule has 0 saturated heterocycles. The molecule has 0 radical (unpaired) electrons. The molecule has 3 amide bonds. The number of fused-ring (bicyclic) bond motifs is 1. The van der Waals surface area contributed by atoms with Crippen LogP contribution >= 0.6 is 0 Å². The quantitative estimate of drug-likeness (QED) is 0.761. The lowest BCUT2D eigenvalue weighted by Crippen LogP contribution is -2.43. The Morgan fingerprint density at radius 1 is 0.920 bits per heavy atom. The van der Waals surface area contributed by atoms with Crippen molar-refractivity contribution in [2.75, 3.05) is 19.6 Å². The van der Waals surface area contributed by atoms with Crippen LogP contribution in [0.25, 0.3) is 0 Å². The van der Waals surface area contributed by atoms with E-state index in [2.05, 4.69) is 0 Å². The van der Waals surface area contributed by atoms with Crippen LogP contribution < -0.4 is 0 Å². The Kier molecular flexibility index (Phi) is 4.93. The Labute approximate surface area is 146 Å². The van der Waals surface area contributed by atoms with Crippen molar-refractivity contribution in [3.8, 4) is 0 Å². The Morgan fingerprint density at radius 2 is 1.48 bits per heavy atom. The van der Waals surface area contributed by atoms with E-state index < -0.39 is 11.8 Å². The van der Waals surface area contributed by atoms with Gasteiger partial charge in [0.1, 0.15) is 6.54 Å². The second-order valence-electron chi connectivity index (χ2n) is 5.95. The molecule has 25 heavy (non-hydrogen) atoms. The number of imide groups is 1. The molecule has 0 aliphatic carbocycles. The number of rotatable bonds is 6. The van der Waals surface area contributed by atoms with Gasteiger partial charge < -0.3 is 4.90 Å². The van der Waals surface area contributed by atoms with E-state index in [-0.39, 0.29) is 12.5 Å². The third-order valence-electron chi connectivity index (χ3n) is 4.42. The van der Waals surface area contributed by atoms with Crippen molar-refractivity contribution in [3.63, 3.8) is 0 Å². The number of carbonyl (C=O) groups is 3. The summed E-state index contributed by atoms with van der Waals surface area (Å²) in [7, 11) is 0. The molecule has 0 unspecified atom stereocenters. The molecule has 0 fully saturated rings. The van der Waals surface area contributed by atoms with Crippen LogP contribution in [-0.4, -0.2) is 47.2 Å². The summed E-state index contributed by atoms with van der Waals surface area (Å²) in [5.41, 5.74) is 1.88. The molecule has 1 heterocycles. The van der Waals surface area contributed by atoms with Crippen molar-refractivity contribution < 1.29 is 14.4 Å². The molecule has 5 heteroatoms. The van der Waals surface area contributed by atoms with Crippen LogP contribution in [-0.2, 0) is 11.2 Å². The Morgan fingerprint density at radius 3 is 2.04 bits per heavy atom. The van der Waals surface area contributed by atoms with Crippen molar-refractivity contribution in [2.24, 2.45) is 0 Å². The van der Waals surface area contributed by atoms with Crippen LogP contribution in [0, 0.1) is 0 Å². The van der Waals surface area contributed by atoms with Crippen molar-refractivity contribution in [1.29, 1.82) is 0 Å². The van der Waals surface area contributed by atoms with Crippen LogP contribution in [0.15, 0.2) is 54.6 Å². The predicted molar refractivity (Wildman–Crippen MR) is 94.2 cm³/mol. The SMILES string of the molecule is CCN(CCc1ccccc1)C(=O)CN1C(=O)c2ccccc2C1=O. The predicted octanol–water partition coefficient (Wildman–Crippen LogP) is 2.37. The highest BCUT2D eigenvalue weighted by molar-refractivity contribution is 6.22. The summed E-state index contributed by atoms with van der Waals surface area (Å²) in [5, 5.41) is 0. The van der Waals surface area contributed by atoms with Gasteiger partial charge in [0, 0.05) is 13.1 Å². The highest BCUT2D eigenvalue weighted by atomic mass is 16.2. The fourth-order valence-corrected chi connectivity index (χ4v) is 2.99. The minimum Gasteiger partial charge on any atom is -0.341 e. The van der Waals surface area contributed by atoms with Gasteiger partial charge in [0.25, 0.3) is 11.8 Å². The zero-order valence-electron chi connectivity index (χ0n) is 14.1. The van der Waals surface area contributed by atoms with Gasteiger partial charge in [0.05, 0.1) is 11.1 Å². The lowest BCUT2D eigenvalue weighted by molar-refractivity contribution is -0.131. The van der Waals surface area contributed by atoms with Gasteiger partial charge in [0.2, 0.25) is 5.91 Å². The summed E-state index contributed by atoms with van der Waals surface area (Å²) in [6.45, 7) is 2.78. The van der Waals surface area contributed by atoms with Crippen molar-refractivity contribution in [2.45, 2.75) is 13.3 Å². The van der Waals surface area contributed by atoms with Gasteiger partial charge in [-0.15, -0.1) is 0 Å². The number of nitrogens with zero attached hydrogens (tertiary/aromatic N) is 2. The third-order valence-corrected chi connectivity index (χ3v) is 4.42. The second-order valence-corrected chi connectivity index (χ2v) is 5.95. The number of amides is 3. The van der Waals surface area contributed by atoms with Gasteiger partial charge >= 0.3 is 0 Å². The fourth-order valence-electron chi connectivity index (χ4n) is 2.99. The molecular weight excluding hydrogens is 316 g/mol. The molecule has 128 valence electrons. The maximum absolute atomic E-state index is 12.6. The Hall–Kier alpha value is -2.95. The maximum Gasteiger partial charge on any atom is 0.262 e. The van der Waals surface area contributed by atoms with E-state index in [1.165, 1.54) is 0 Å². The maximum atomic E-state index is 12.6. The summed E-state index contributed by atoms with van der Waals surface area (Å²) >= 11 is 0. The fraction of sp³-hybridized carbons (Fsp3) is 0.250. The molecule has 3 rings (SSSR count). The van der Waals surface area contributed by atoms with Gasteiger partial charge in [0.15, 0.2) is 0 Å². The van der Waals surface area contributed by atoms with Gasteiger partial charge in [-0.05, 0) is 31.0 Å². The second kappa shape index (κ2) is 7.30. The minimum absolute atomic E-state index is 0.213. The van der Waals surface area contributed by atoms with E-state index in [9.17, 15) is 14.4 Å². The highest BCUT2D eigenvalue weighted by Crippen LogP contribution is 2.22. The number of hydrogen-bond acceptors (Lipinski definition) is 3. The summed E-state index contributed by atoms with van der Waals surface area (Å²) in [5.74, 6) is -1.01. The van der Waals surface area contributed by atoms with E-state index in [4.69, 9.17) is 0 Å².